The smallest absolute Gasteiger partial charge is 0.263 e. The molecule has 3 rings (SSSR count). The number of aromatic nitrogens is 1. The third-order valence-corrected chi connectivity index (χ3v) is 6.88. The molecule has 0 saturated heterocycles. The molecule has 0 fully saturated rings. The Bertz CT molecular complexity index is 940. The second kappa shape index (κ2) is 8.45. The van der Waals surface area contributed by atoms with Gasteiger partial charge >= 0.3 is 0 Å². The maximum Gasteiger partial charge on any atom is 0.263 e. The quantitative estimate of drug-likeness (QED) is 0.451. The molecule has 3 nitrogen and oxygen atoms in total. The van der Waals surface area contributed by atoms with Gasteiger partial charge in [-0.25, -0.2) is 4.21 Å². The number of thioether (sulfide) groups is 1. The summed E-state index contributed by atoms with van der Waals surface area (Å²) in [5.41, 5.74) is 1.23. The van der Waals surface area contributed by atoms with Crippen LogP contribution in [0.15, 0.2) is 41.3 Å². The molecule has 0 aliphatic rings. The first kappa shape index (κ1) is 18.6. The molecule has 1 atom stereocenters. The van der Waals surface area contributed by atoms with E-state index in [9.17, 15) is 4.21 Å². The molecule has 1 heterocycles. The van der Waals surface area contributed by atoms with E-state index in [1.165, 1.54) is 30.9 Å². The summed E-state index contributed by atoms with van der Waals surface area (Å²) in [4.78, 5) is 1.34. The number of benzene rings is 2. The van der Waals surface area contributed by atoms with Crippen molar-refractivity contribution in [1.82, 2.24) is 0 Å². The summed E-state index contributed by atoms with van der Waals surface area (Å²) in [5.74, 6) is 0.307. The van der Waals surface area contributed by atoms with E-state index in [0.29, 0.717) is 12.2 Å². The number of thiazole rings is 1. The molecule has 1 aromatic heterocycles. The molecule has 132 valence electrons. The molecule has 0 amide bonds. The van der Waals surface area contributed by atoms with Crippen molar-refractivity contribution in [1.29, 1.82) is 0 Å². The van der Waals surface area contributed by atoms with Gasteiger partial charge in [0.2, 0.25) is 5.52 Å². The van der Waals surface area contributed by atoms with Crippen LogP contribution in [0.2, 0.25) is 0 Å². The van der Waals surface area contributed by atoms with Crippen molar-refractivity contribution in [2.24, 2.45) is 0 Å². The fourth-order valence-electron chi connectivity index (χ4n) is 2.99. The molecule has 0 aliphatic heterocycles. The Morgan fingerprint density at radius 3 is 2.84 bits per heavy atom. The van der Waals surface area contributed by atoms with Crippen molar-refractivity contribution in [2.75, 3.05) is 12.0 Å². The summed E-state index contributed by atoms with van der Waals surface area (Å²) >= 11 is 1.84. The van der Waals surface area contributed by atoms with Crippen LogP contribution in [0.3, 0.4) is 0 Å². The minimum atomic E-state index is -1.74. The number of hydrogen-bond donors (Lipinski definition) is 1. The van der Waals surface area contributed by atoms with Gasteiger partial charge in [0.15, 0.2) is 17.6 Å². The average Bonchev–Trinajstić information content (AvgIpc) is 2.97. The summed E-state index contributed by atoms with van der Waals surface area (Å²) in [6.07, 6.45) is 6.07. The van der Waals surface area contributed by atoms with Crippen LogP contribution in [0.25, 0.3) is 27.1 Å². The first-order valence-electron chi connectivity index (χ1n) is 8.30. The van der Waals surface area contributed by atoms with E-state index >= 15 is 0 Å². The van der Waals surface area contributed by atoms with E-state index in [2.05, 4.69) is 60.2 Å². The van der Waals surface area contributed by atoms with Crippen molar-refractivity contribution in [3.8, 4) is 0 Å². The fourth-order valence-corrected chi connectivity index (χ4v) is 5.13. The van der Waals surface area contributed by atoms with Crippen LogP contribution in [-0.4, -0.2) is 20.8 Å². The topological polar surface area (TPSA) is 41.2 Å². The Morgan fingerprint density at radius 1 is 1.32 bits per heavy atom. The summed E-state index contributed by atoms with van der Waals surface area (Å²) in [6.45, 7) is 2.92. The van der Waals surface area contributed by atoms with Gasteiger partial charge in [0, 0.05) is 12.5 Å². The second-order valence-corrected chi connectivity index (χ2v) is 8.82. The van der Waals surface area contributed by atoms with Gasteiger partial charge in [-0.05, 0) is 35.1 Å². The lowest BCUT2D eigenvalue weighted by molar-refractivity contribution is -0.667. The monoisotopic (exact) mass is 392 g/mol. The number of allylic oxidation sites excluding steroid dienone is 1. The highest BCUT2D eigenvalue weighted by atomic mass is 32.2. The zero-order valence-electron chi connectivity index (χ0n) is 14.4. The van der Waals surface area contributed by atoms with Crippen LogP contribution in [0.5, 0.6) is 0 Å². The van der Waals surface area contributed by atoms with Gasteiger partial charge in [-0.15, -0.1) is 11.8 Å². The van der Waals surface area contributed by atoms with Crippen LogP contribution < -0.4 is 4.57 Å². The van der Waals surface area contributed by atoms with E-state index in [1.807, 2.05) is 0 Å². The van der Waals surface area contributed by atoms with Gasteiger partial charge in [-0.1, -0.05) is 42.5 Å². The third kappa shape index (κ3) is 4.14. The molecule has 2 aromatic carbocycles. The maximum atomic E-state index is 11.0. The molecule has 25 heavy (non-hydrogen) atoms. The molecule has 0 radical (unpaired) electrons. The van der Waals surface area contributed by atoms with Crippen LogP contribution in [0, 0.1) is 0 Å². The number of fused-ring (bicyclic) bond motifs is 3. The van der Waals surface area contributed by atoms with Crippen LogP contribution in [0.1, 0.15) is 24.8 Å². The lowest BCUT2D eigenvalue weighted by Gasteiger charge is -2.01. The van der Waals surface area contributed by atoms with E-state index in [0.717, 1.165) is 13.0 Å². The largest absolute Gasteiger partial charge is 0.306 e. The van der Waals surface area contributed by atoms with E-state index < -0.39 is 11.1 Å². The molecular weight excluding hydrogens is 370 g/mol. The molecule has 3 aromatic rings. The number of hydrogen-bond acceptors (Lipinski definition) is 3. The summed E-state index contributed by atoms with van der Waals surface area (Å²) in [5, 5.41) is 3.67. The first-order valence-corrected chi connectivity index (χ1v) is 11.6. The first-order chi connectivity index (χ1) is 12.1. The van der Waals surface area contributed by atoms with Crippen LogP contribution in [0.4, 0.5) is 0 Å². The molecule has 6 heteroatoms. The fraction of sp³-hybridized carbons (Fsp3) is 0.316. The van der Waals surface area contributed by atoms with Crippen LogP contribution >= 0.6 is 23.1 Å². The van der Waals surface area contributed by atoms with Crippen molar-refractivity contribution < 1.29 is 13.3 Å². The normalized spacial score (nSPS) is 13.6. The molecule has 0 bridgehead atoms. The third-order valence-electron chi connectivity index (χ3n) is 4.21. The van der Waals surface area contributed by atoms with E-state index in [1.54, 1.807) is 23.1 Å². The van der Waals surface area contributed by atoms with Crippen molar-refractivity contribution >= 4 is 61.2 Å². The Labute approximate surface area is 159 Å². The van der Waals surface area contributed by atoms with Gasteiger partial charge in [0.25, 0.3) is 5.01 Å². The molecule has 1 N–H and O–H groups in total. The summed E-state index contributed by atoms with van der Waals surface area (Å²) < 4.78 is 23.7. The Kier molecular flexibility index (Phi) is 6.28. The van der Waals surface area contributed by atoms with E-state index in [4.69, 9.17) is 4.55 Å². The minimum Gasteiger partial charge on any atom is -0.306 e. The van der Waals surface area contributed by atoms with Gasteiger partial charge in [-0.2, -0.15) is 4.57 Å². The van der Waals surface area contributed by atoms with Gasteiger partial charge in [-0.3, -0.25) is 0 Å². The maximum absolute atomic E-state index is 11.0. The zero-order chi connectivity index (χ0) is 17.8. The predicted molar refractivity (Wildman–Crippen MR) is 112 cm³/mol. The molecule has 1 unspecified atom stereocenters. The minimum absolute atomic E-state index is 0.307. The van der Waals surface area contributed by atoms with Crippen molar-refractivity contribution in [2.45, 2.75) is 26.3 Å². The van der Waals surface area contributed by atoms with Gasteiger partial charge < -0.3 is 4.55 Å². The highest BCUT2D eigenvalue weighted by Crippen LogP contribution is 2.30. The van der Waals surface area contributed by atoms with E-state index in [-0.39, 0.29) is 0 Å². The summed E-state index contributed by atoms with van der Waals surface area (Å²) in [6, 6.07) is 12.8. The Hall–Kier alpha value is -1.21. The summed E-state index contributed by atoms with van der Waals surface area (Å²) in [7, 11) is 0. The molecule has 0 aliphatic carbocycles. The number of rotatable bonds is 7. The standard InChI is InChI=1S/C19H21NO2S3/c1-3-15(23-2)13-18-20(11-6-12-25(21)22)19-16-8-5-4-7-14(16)9-10-17(19)24-18/h4-5,7-10,13H,3,6,11-12H2,1-2H3/p+1/b15-13+. The average molecular weight is 393 g/mol. The SMILES string of the molecule is CC/C(=C\c1sc2ccc3ccccc3c2[n+]1CCCS(=O)O)SC. The number of aryl methyl sites for hydroxylation is 1. The Balaban J connectivity index is 2.18. The van der Waals surface area contributed by atoms with Gasteiger partial charge in [0.05, 0.1) is 11.1 Å². The Morgan fingerprint density at radius 2 is 2.12 bits per heavy atom. The highest BCUT2D eigenvalue weighted by molar-refractivity contribution is 8.02. The predicted octanol–water partition coefficient (Wildman–Crippen LogP) is 5.07. The van der Waals surface area contributed by atoms with Crippen LogP contribution in [-0.2, 0) is 17.6 Å². The van der Waals surface area contributed by atoms with Gasteiger partial charge in [0.1, 0.15) is 4.70 Å². The number of nitrogens with zero attached hydrogens (tertiary/aromatic N) is 1. The van der Waals surface area contributed by atoms with Crippen molar-refractivity contribution in [3.05, 3.63) is 46.3 Å². The zero-order valence-corrected chi connectivity index (χ0v) is 16.8. The highest BCUT2D eigenvalue weighted by Gasteiger charge is 2.21. The molecular formula is C19H22NO2S3+. The molecule has 0 saturated carbocycles. The lowest BCUT2D eigenvalue weighted by Crippen LogP contribution is -2.36. The second-order valence-electron chi connectivity index (χ2n) is 5.77. The lowest BCUT2D eigenvalue weighted by atomic mass is 10.1. The molecule has 0 spiro atoms. The van der Waals surface area contributed by atoms with Crippen molar-refractivity contribution in [3.63, 3.8) is 0 Å².